The lowest BCUT2D eigenvalue weighted by Gasteiger charge is -2.12. The molecule has 1 aromatic carbocycles. The fourth-order valence-corrected chi connectivity index (χ4v) is 1.93. The molecule has 5 nitrogen and oxygen atoms in total. The maximum atomic E-state index is 11.7. The second-order valence-corrected chi connectivity index (χ2v) is 5.16. The van der Waals surface area contributed by atoms with Gasteiger partial charge in [0.1, 0.15) is 0 Å². The Balaban J connectivity index is 2.14. The van der Waals surface area contributed by atoms with Gasteiger partial charge in [-0.1, -0.05) is 11.6 Å². The van der Waals surface area contributed by atoms with E-state index in [1.807, 2.05) is 22.6 Å². The summed E-state index contributed by atoms with van der Waals surface area (Å²) in [5.41, 5.74) is 0.188. The molecule has 0 saturated carbocycles. The van der Waals surface area contributed by atoms with E-state index in [2.05, 4.69) is 0 Å². The van der Waals surface area contributed by atoms with Crippen LogP contribution in [0.25, 0.3) is 0 Å². The van der Waals surface area contributed by atoms with Gasteiger partial charge in [-0.25, -0.2) is 4.79 Å². The molecule has 1 fully saturated rings. The smallest absolute Gasteiger partial charge is 0.325 e. The molecular weight excluding hydrogens is 372 g/mol. The van der Waals surface area contributed by atoms with Gasteiger partial charge >= 0.3 is 5.97 Å². The van der Waals surface area contributed by atoms with Crippen molar-refractivity contribution >= 4 is 52.0 Å². The van der Waals surface area contributed by atoms with Crippen molar-refractivity contribution in [2.24, 2.45) is 0 Å². The van der Waals surface area contributed by atoms with E-state index in [0.717, 1.165) is 3.57 Å². The average molecular weight is 380 g/mol. The predicted molar refractivity (Wildman–Crippen MR) is 70.7 cm³/mol. The summed E-state index contributed by atoms with van der Waals surface area (Å²) in [6.07, 6.45) is 0.138. The van der Waals surface area contributed by atoms with Crippen LogP contribution in [0.15, 0.2) is 18.2 Å². The lowest BCUT2D eigenvalue weighted by Crippen LogP contribution is -2.32. The Hall–Kier alpha value is -1.15. The van der Waals surface area contributed by atoms with E-state index in [1.165, 1.54) is 12.1 Å². The van der Waals surface area contributed by atoms with Gasteiger partial charge in [0.25, 0.3) is 11.8 Å². The van der Waals surface area contributed by atoms with Gasteiger partial charge in [-0.05, 0) is 40.8 Å². The minimum absolute atomic E-state index is 0.0690. The zero-order valence-electron chi connectivity index (χ0n) is 8.98. The monoisotopic (exact) mass is 379 g/mol. The quantitative estimate of drug-likeness (QED) is 0.584. The standard InChI is InChI=1S/C11H7ClINO4/c12-7-5-6(1-2-8(7)13)11(17)18-14-9(15)3-4-10(14)16/h1-2,5H,3-4H2. The lowest BCUT2D eigenvalue weighted by atomic mass is 10.2. The van der Waals surface area contributed by atoms with Crippen LogP contribution in [-0.2, 0) is 14.4 Å². The first-order valence-corrected chi connectivity index (χ1v) is 6.48. The summed E-state index contributed by atoms with van der Waals surface area (Å²) in [7, 11) is 0. The molecule has 0 aromatic heterocycles. The third-order valence-electron chi connectivity index (χ3n) is 2.34. The molecule has 1 aliphatic rings. The van der Waals surface area contributed by atoms with Gasteiger partial charge in [0, 0.05) is 16.4 Å². The Morgan fingerprint density at radius 3 is 2.44 bits per heavy atom. The number of rotatable bonds is 2. The van der Waals surface area contributed by atoms with E-state index in [0.29, 0.717) is 10.1 Å². The van der Waals surface area contributed by atoms with E-state index < -0.39 is 17.8 Å². The first kappa shape index (κ1) is 13.3. The van der Waals surface area contributed by atoms with Crippen LogP contribution >= 0.6 is 34.2 Å². The summed E-state index contributed by atoms with van der Waals surface area (Å²) >= 11 is 7.89. The number of hydrogen-bond acceptors (Lipinski definition) is 4. The Bertz CT molecular complexity index is 530. The van der Waals surface area contributed by atoms with Gasteiger partial charge in [-0.15, -0.1) is 5.06 Å². The first-order chi connectivity index (χ1) is 8.49. The van der Waals surface area contributed by atoms with Gasteiger partial charge in [0.2, 0.25) is 0 Å². The van der Waals surface area contributed by atoms with Crippen molar-refractivity contribution in [2.45, 2.75) is 12.8 Å². The molecule has 0 aliphatic carbocycles. The number of benzene rings is 1. The summed E-state index contributed by atoms with van der Waals surface area (Å²) in [6.45, 7) is 0. The summed E-state index contributed by atoms with van der Waals surface area (Å²) in [6, 6.07) is 4.59. The van der Waals surface area contributed by atoms with Crippen molar-refractivity contribution < 1.29 is 19.2 Å². The van der Waals surface area contributed by atoms with Crippen molar-refractivity contribution in [2.75, 3.05) is 0 Å². The third kappa shape index (κ3) is 2.64. The van der Waals surface area contributed by atoms with E-state index in [4.69, 9.17) is 16.4 Å². The molecule has 7 heteroatoms. The van der Waals surface area contributed by atoms with Gasteiger partial charge in [-0.3, -0.25) is 9.59 Å². The molecule has 0 bridgehead atoms. The van der Waals surface area contributed by atoms with E-state index in [9.17, 15) is 14.4 Å². The van der Waals surface area contributed by atoms with Crippen LogP contribution in [0.5, 0.6) is 0 Å². The zero-order valence-corrected chi connectivity index (χ0v) is 11.9. The highest BCUT2D eigenvalue weighted by Gasteiger charge is 2.33. The van der Waals surface area contributed by atoms with E-state index in [1.54, 1.807) is 6.07 Å². The second-order valence-electron chi connectivity index (χ2n) is 3.59. The number of hydroxylamine groups is 2. The van der Waals surface area contributed by atoms with Crippen molar-refractivity contribution in [1.29, 1.82) is 0 Å². The predicted octanol–water partition coefficient (Wildman–Crippen LogP) is 2.17. The van der Waals surface area contributed by atoms with Gasteiger partial charge in [0.15, 0.2) is 0 Å². The number of hydrogen-bond donors (Lipinski definition) is 0. The highest BCUT2D eigenvalue weighted by Crippen LogP contribution is 2.21. The molecule has 0 unspecified atom stereocenters. The molecule has 2 amide bonds. The first-order valence-electron chi connectivity index (χ1n) is 5.02. The second kappa shape index (κ2) is 5.23. The molecule has 1 aliphatic heterocycles. The minimum atomic E-state index is -0.781. The number of imide groups is 1. The Kier molecular flexibility index (Phi) is 3.86. The molecule has 1 saturated heterocycles. The van der Waals surface area contributed by atoms with Crippen molar-refractivity contribution in [1.82, 2.24) is 5.06 Å². The van der Waals surface area contributed by atoms with Crippen LogP contribution in [0.3, 0.4) is 0 Å². The molecule has 1 heterocycles. The van der Waals surface area contributed by atoms with Gasteiger partial charge in [0.05, 0.1) is 10.6 Å². The molecule has 0 radical (unpaired) electrons. The van der Waals surface area contributed by atoms with Crippen molar-refractivity contribution in [3.63, 3.8) is 0 Å². The molecule has 18 heavy (non-hydrogen) atoms. The van der Waals surface area contributed by atoms with Crippen molar-refractivity contribution in [3.05, 3.63) is 32.4 Å². The highest BCUT2D eigenvalue weighted by atomic mass is 127. The molecule has 0 atom stereocenters. The van der Waals surface area contributed by atoms with E-state index >= 15 is 0 Å². The largest absolute Gasteiger partial charge is 0.363 e. The van der Waals surface area contributed by atoms with Crippen LogP contribution in [0, 0.1) is 3.57 Å². The minimum Gasteiger partial charge on any atom is -0.325 e. The summed E-state index contributed by atoms with van der Waals surface area (Å²) in [4.78, 5) is 39.0. The van der Waals surface area contributed by atoms with Crippen LogP contribution < -0.4 is 0 Å². The van der Waals surface area contributed by atoms with Gasteiger partial charge in [-0.2, -0.15) is 0 Å². The normalized spacial score (nSPS) is 15.1. The Labute approximate surface area is 121 Å². The molecular formula is C11H7ClINO4. The maximum Gasteiger partial charge on any atom is 0.363 e. The molecule has 0 spiro atoms. The van der Waals surface area contributed by atoms with Crippen LogP contribution in [0.4, 0.5) is 0 Å². The van der Waals surface area contributed by atoms with E-state index in [-0.39, 0.29) is 18.4 Å². The zero-order chi connectivity index (χ0) is 13.3. The SMILES string of the molecule is O=C(ON1C(=O)CCC1=O)c1ccc(I)c(Cl)c1. The lowest BCUT2D eigenvalue weighted by molar-refractivity contribution is -0.172. The number of nitrogens with zero attached hydrogens (tertiary/aromatic N) is 1. The van der Waals surface area contributed by atoms with Crippen LogP contribution in [0.2, 0.25) is 5.02 Å². The third-order valence-corrected chi connectivity index (χ3v) is 3.91. The number of halogens is 2. The average Bonchev–Trinajstić information content (AvgIpc) is 2.64. The molecule has 2 rings (SSSR count). The maximum absolute atomic E-state index is 11.7. The fourth-order valence-electron chi connectivity index (χ4n) is 1.42. The van der Waals surface area contributed by atoms with Crippen LogP contribution in [-0.4, -0.2) is 22.8 Å². The summed E-state index contributed by atoms with van der Waals surface area (Å²) in [5.74, 6) is -1.80. The number of carbonyl (C=O) groups is 3. The number of carbonyl (C=O) groups excluding carboxylic acids is 3. The summed E-state index contributed by atoms with van der Waals surface area (Å²) in [5, 5.41) is 0.915. The fraction of sp³-hybridized carbons (Fsp3) is 0.182. The number of amides is 2. The molecule has 1 aromatic rings. The molecule has 0 N–H and O–H groups in total. The Morgan fingerprint density at radius 2 is 1.89 bits per heavy atom. The van der Waals surface area contributed by atoms with Crippen molar-refractivity contribution in [3.8, 4) is 0 Å². The summed E-state index contributed by atoms with van der Waals surface area (Å²) < 4.78 is 0.791. The Morgan fingerprint density at radius 1 is 1.28 bits per heavy atom. The van der Waals surface area contributed by atoms with Gasteiger partial charge < -0.3 is 4.84 Å². The topological polar surface area (TPSA) is 63.7 Å². The molecule has 94 valence electrons. The highest BCUT2D eigenvalue weighted by molar-refractivity contribution is 14.1. The van der Waals surface area contributed by atoms with Crippen LogP contribution in [0.1, 0.15) is 23.2 Å².